The maximum absolute atomic E-state index is 10.9. The molecule has 0 radical (unpaired) electrons. The predicted octanol–water partition coefficient (Wildman–Crippen LogP) is 1.57. The van der Waals surface area contributed by atoms with Crippen LogP contribution in [0, 0.1) is 13.8 Å². The number of hydrogen-bond donors (Lipinski definition) is 1. The molecule has 1 aliphatic heterocycles. The Balaban J connectivity index is 2.09. The first-order valence-corrected chi connectivity index (χ1v) is 8.25. The third kappa shape index (κ3) is 5.30. The summed E-state index contributed by atoms with van der Waals surface area (Å²) in [6.45, 7) is 10.5. The second-order valence-corrected chi connectivity index (χ2v) is 6.85. The van der Waals surface area contributed by atoms with Gasteiger partial charge in [0.1, 0.15) is 0 Å². The topological polar surface area (TPSA) is 47.0 Å². The molecule has 0 spiro atoms. The van der Waals surface area contributed by atoms with E-state index in [9.17, 15) is 4.79 Å². The smallest absolute Gasteiger partial charge is 0.317 e. The fourth-order valence-electron chi connectivity index (χ4n) is 3.17. The van der Waals surface area contributed by atoms with E-state index in [0.717, 1.165) is 32.7 Å². The summed E-state index contributed by atoms with van der Waals surface area (Å²) in [5.74, 6) is -0.782. The van der Waals surface area contributed by atoms with Crippen molar-refractivity contribution in [3.63, 3.8) is 0 Å². The molecule has 0 aromatic heterocycles. The molecule has 1 fully saturated rings. The molecule has 0 aliphatic carbocycles. The Labute approximate surface area is 139 Å². The van der Waals surface area contributed by atoms with Gasteiger partial charge in [-0.1, -0.05) is 17.7 Å². The number of benzene rings is 1. The molecule has 5 heteroatoms. The Morgan fingerprint density at radius 3 is 2.39 bits per heavy atom. The Hall–Kier alpha value is -1.43. The standard InChI is InChI=1S/C18H29N3O2/c1-14-9-16(11-20(4)13-18(22)23)15(2)17(10-14)12-21-7-5-19(3)6-8-21/h9-10H,5-8,11-13H2,1-4H3,(H,22,23). The third-order valence-electron chi connectivity index (χ3n) is 4.60. The van der Waals surface area contributed by atoms with Crippen LogP contribution in [0.4, 0.5) is 0 Å². The average Bonchev–Trinajstić information content (AvgIpc) is 2.45. The first-order valence-electron chi connectivity index (χ1n) is 8.25. The summed E-state index contributed by atoms with van der Waals surface area (Å²) in [4.78, 5) is 17.6. The molecule has 1 aromatic carbocycles. The number of nitrogens with zero attached hydrogens (tertiary/aromatic N) is 3. The second kappa shape index (κ2) is 7.90. The quantitative estimate of drug-likeness (QED) is 0.862. The van der Waals surface area contributed by atoms with Crippen LogP contribution < -0.4 is 0 Å². The number of aryl methyl sites for hydroxylation is 1. The van der Waals surface area contributed by atoms with Crippen molar-refractivity contribution in [2.24, 2.45) is 0 Å². The number of aliphatic carboxylic acids is 1. The third-order valence-corrected chi connectivity index (χ3v) is 4.60. The Morgan fingerprint density at radius 1 is 1.17 bits per heavy atom. The first-order chi connectivity index (χ1) is 10.8. The van der Waals surface area contributed by atoms with E-state index in [1.807, 2.05) is 11.9 Å². The van der Waals surface area contributed by atoms with Gasteiger partial charge in [-0.15, -0.1) is 0 Å². The zero-order valence-corrected chi connectivity index (χ0v) is 14.8. The van der Waals surface area contributed by atoms with Crippen LogP contribution in [0.2, 0.25) is 0 Å². The molecular formula is C18H29N3O2. The first kappa shape index (κ1) is 17.9. The molecule has 0 bridgehead atoms. The van der Waals surface area contributed by atoms with E-state index < -0.39 is 5.97 Å². The molecule has 1 aliphatic rings. The van der Waals surface area contributed by atoms with Crippen LogP contribution in [0.3, 0.4) is 0 Å². The van der Waals surface area contributed by atoms with Crippen LogP contribution in [0.15, 0.2) is 12.1 Å². The van der Waals surface area contributed by atoms with Crippen LogP contribution in [0.5, 0.6) is 0 Å². The largest absolute Gasteiger partial charge is 0.480 e. The van der Waals surface area contributed by atoms with E-state index in [0.29, 0.717) is 6.54 Å². The molecule has 0 amide bonds. The van der Waals surface area contributed by atoms with Crippen molar-refractivity contribution in [3.8, 4) is 0 Å². The number of likely N-dealkylation sites (N-methyl/N-ethyl adjacent to an activating group) is 2. The fraction of sp³-hybridized carbons (Fsp3) is 0.611. The highest BCUT2D eigenvalue weighted by Crippen LogP contribution is 2.20. The number of carbonyl (C=O) groups is 1. The summed E-state index contributed by atoms with van der Waals surface area (Å²) < 4.78 is 0. The molecule has 2 rings (SSSR count). The minimum atomic E-state index is -0.782. The lowest BCUT2D eigenvalue weighted by Gasteiger charge is -2.33. The molecular weight excluding hydrogens is 290 g/mol. The molecule has 5 nitrogen and oxygen atoms in total. The van der Waals surface area contributed by atoms with Gasteiger partial charge in [-0.25, -0.2) is 0 Å². The maximum Gasteiger partial charge on any atom is 0.317 e. The molecule has 0 unspecified atom stereocenters. The lowest BCUT2D eigenvalue weighted by atomic mass is 9.98. The van der Waals surface area contributed by atoms with Crippen LogP contribution >= 0.6 is 0 Å². The Morgan fingerprint density at radius 2 is 1.78 bits per heavy atom. The fourth-order valence-corrected chi connectivity index (χ4v) is 3.17. The summed E-state index contributed by atoms with van der Waals surface area (Å²) in [5.41, 5.74) is 5.15. The van der Waals surface area contributed by atoms with Crippen LogP contribution in [0.25, 0.3) is 0 Å². The van der Waals surface area contributed by atoms with E-state index in [2.05, 4.69) is 42.8 Å². The van der Waals surface area contributed by atoms with Crippen molar-refractivity contribution in [1.82, 2.24) is 14.7 Å². The number of piperazine rings is 1. The predicted molar refractivity (Wildman–Crippen MR) is 92.7 cm³/mol. The monoisotopic (exact) mass is 319 g/mol. The molecule has 23 heavy (non-hydrogen) atoms. The highest BCUT2D eigenvalue weighted by atomic mass is 16.4. The minimum Gasteiger partial charge on any atom is -0.480 e. The summed E-state index contributed by atoms with van der Waals surface area (Å²) in [7, 11) is 4.03. The van der Waals surface area contributed by atoms with Gasteiger partial charge in [-0.3, -0.25) is 14.6 Å². The lowest BCUT2D eigenvalue weighted by Crippen LogP contribution is -2.44. The summed E-state index contributed by atoms with van der Waals surface area (Å²) in [6.07, 6.45) is 0. The minimum absolute atomic E-state index is 0.0706. The van der Waals surface area contributed by atoms with E-state index in [1.54, 1.807) is 0 Å². The summed E-state index contributed by atoms with van der Waals surface area (Å²) in [6, 6.07) is 4.45. The molecule has 0 saturated carbocycles. The summed E-state index contributed by atoms with van der Waals surface area (Å²) >= 11 is 0. The van der Waals surface area contributed by atoms with Crippen molar-refractivity contribution in [3.05, 3.63) is 34.4 Å². The average molecular weight is 319 g/mol. The van der Waals surface area contributed by atoms with Crippen molar-refractivity contribution >= 4 is 5.97 Å². The number of rotatable bonds is 6. The van der Waals surface area contributed by atoms with E-state index in [-0.39, 0.29) is 6.54 Å². The highest BCUT2D eigenvalue weighted by molar-refractivity contribution is 5.69. The summed E-state index contributed by atoms with van der Waals surface area (Å²) in [5, 5.41) is 8.93. The van der Waals surface area contributed by atoms with E-state index >= 15 is 0 Å². The van der Waals surface area contributed by atoms with Gasteiger partial charge in [0.25, 0.3) is 0 Å². The van der Waals surface area contributed by atoms with Crippen molar-refractivity contribution in [1.29, 1.82) is 0 Å². The van der Waals surface area contributed by atoms with Crippen LogP contribution in [-0.2, 0) is 17.9 Å². The van der Waals surface area contributed by atoms with Gasteiger partial charge < -0.3 is 10.0 Å². The van der Waals surface area contributed by atoms with Gasteiger partial charge >= 0.3 is 5.97 Å². The van der Waals surface area contributed by atoms with Crippen LogP contribution in [-0.4, -0.2) is 72.6 Å². The number of carboxylic acids is 1. The molecule has 0 atom stereocenters. The molecule has 1 N–H and O–H groups in total. The van der Waals surface area contributed by atoms with Crippen LogP contribution in [0.1, 0.15) is 22.3 Å². The second-order valence-electron chi connectivity index (χ2n) is 6.85. The van der Waals surface area contributed by atoms with E-state index in [1.165, 1.54) is 22.3 Å². The van der Waals surface area contributed by atoms with Crippen molar-refractivity contribution in [2.75, 3.05) is 46.8 Å². The Bertz CT molecular complexity index is 551. The Kier molecular flexibility index (Phi) is 6.16. The molecule has 1 heterocycles. The van der Waals surface area contributed by atoms with Gasteiger partial charge in [0, 0.05) is 39.3 Å². The highest BCUT2D eigenvalue weighted by Gasteiger charge is 2.16. The normalized spacial score (nSPS) is 16.9. The maximum atomic E-state index is 10.9. The van der Waals surface area contributed by atoms with Crippen molar-refractivity contribution < 1.29 is 9.90 Å². The molecule has 128 valence electrons. The van der Waals surface area contributed by atoms with E-state index in [4.69, 9.17) is 5.11 Å². The van der Waals surface area contributed by atoms with Gasteiger partial charge in [0.15, 0.2) is 0 Å². The van der Waals surface area contributed by atoms with Gasteiger partial charge in [-0.05, 0) is 44.6 Å². The van der Waals surface area contributed by atoms with Gasteiger partial charge in [-0.2, -0.15) is 0 Å². The number of carboxylic acid groups (broad SMARTS) is 1. The molecule has 1 aromatic rings. The number of hydrogen-bond acceptors (Lipinski definition) is 4. The zero-order valence-electron chi connectivity index (χ0n) is 14.8. The van der Waals surface area contributed by atoms with Gasteiger partial charge in [0.2, 0.25) is 0 Å². The zero-order chi connectivity index (χ0) is 17.0. The van der Waals surface area contributed by atoms with Crippen molar-refractivity contribution in [2.45, 2.75) is 26.9 Å². The SMILES string of the molecule is Cc1cc(CN(C)CC(=O)O)c(C)c(CN2CCN(C)CC2)c1. The molecule has 1 saturated heterocycles. The van der Waals surface area contributed by atoms with Gasteiger partial charge in [0.05, 0.1) is 6.54 Å². The lowest BCUT2D eigenvalue weighted by molar-refractivity contribution is -0.138.